The molecule has 1 aromatic rings. The Balaban J connectivity index is 2.16. The monoisotopic (exact) mass is 412 g/mol. The maximum absolute atomic E-state index is 13.1. The average Bonchev–Trinajstić information content (AvgIpc) is 3.23. The summed E-state index contributed by atoms with van der Waals surface area (Å²) in [6.45, 7) is 6.92. The van der Waals surface area contributed by atoms with Crippen molar-refractivity contribution in [1.82, 2.24) is 14.9 Å². The molecular formula is C23H32N4O3. The first-order valence-electron chi connectivity index (χ1n) is 10.4. The molecule has 0 radical (unpaired) electrons. The van der Waals surface area contributed by atoms with Gasteiger partial charge in [0.05, 0.1) is 31.4 Å². The van der Waals surface area contributed by atoms with Crippen molar-refractivity contribution in [1.29, 1.82) is 5.41 Å². The minimum atomic E-state index is -0.216. The van der Waals surface area contributed by atoms with Crippen molar-refractivity contribution in [3.05, 3.63) is 65.2 Å². The molecule has 0 fully saturated rings. The van der Waals surface area contributed by atoms with Crippen LogP contribution in [0.5, 0.6) is 0 Å². The van der Waals surface area contributed by atoms with Gasteiger partial charge < -0.3 is 19.4 Å². The Morgan fingerprint density at radius 2 is 2.13 bits per heavy atom. The van der Waals surface area contributed by atoms with E-state index in [1.165, 1.54) is 0 Å². The third-order valence-corrected chi connectivity index (χ3v) is 4.74. The Morgan fingerprint density at radius 3 is 2.80 bits per heavy atom. The number of rotatable bonds is 9. The summed E-state index contributed by atoms with van der Waals surface area (Å²) in [6, 6.07) is 0. The Labute approximate surface area is 178 Å². The maximum atomic E-state index is 13.1. The van der Waals surface area contributed by atoms with Crippen LogP contribution in [-0.4, -0.2) is 40.3 Å². The van der Waals surface area contributed by atoms with Crippen molar-refractivity contribution >= 4 is 11.8 Å². The van der Waals surface area contributed by atoms with Gasteiger partial charge in [-0.25, -0.2) is 4.98 Å². The van der Waals surface area contributed by atoms with E-state index in [-0.39, 0.29) is 17.6 Å². The van der Waals surface area contributed by atoms with Gasteiger partial charge in [-0.05, 0) is 44.1 Å². The molecule has 0 saturated carbocycles. The molecule has 7 nitrogen and oxygen atoms in total. The van der Waals surface area contributed by atoms with Crippen molar-refractivity contribution in [2.24, 2.45) is 0 Å². The summed E-state index contributed by atoms with van der Waals surface area (Å²) in [6.07, 6.45) is 13.8. The zero-order valence-electron chi connectivity index (χ0n) is 18.3. The zero-order chi connectivity index (χ0) is 21.9. The number of fused-ring (bicyclic) bond motifs is 1. The lowest BCUT2D eigenvalue weighted by molar-refractivity contribution is -0.130. The molecule has 162 valence electrons. The standard InChI is InChI=1S/C23H32N4O3/c1-5-8-10-17(11-12-18(7-3)29-4)22(24)30-21(9-6-2)23(28)27-14-13-19-20(15-27)26-16-25-19/h7,9-12,16,24H,5-6,8,13-15H2,1-4H3,(H,25,26)/b12-11-,17-10-,18-7+,21-9+,24-22?. The van der Waals surface area contributed by atoms with E-state index in [9.17, 15) is 4.79 Å². The second-order valence-electron chi connectivity index (χ2n) is 6.89. The predicted octanol–water partition coefficient (Wildman–Crippen LogP) is 4.42. The normalized spacial score (nSPS) is 15.3. The van der Waals surface area contributed by atoms with Crippen LogP contribution in [0.2, 0.25) is 0 Å². The fraction of sp³-hybridized carbons (Fsp3) is 0.435. The van der Waals surface area contributed by atoms with Gasteiger partial charge in [0.15, 0.2) is 5.76 Å². The molecule has 1 aliphatic heterocycles. The smallest absolute Gasteiger partial charge is 0.289 e. The summed E-state index contributed by atoms with van der Waals surface area (Å²) in [7, 11) is 1.60. The molecule has 0 spiro atoms. The van der Waals surface area contributed by atoms with Gasteiger partial charge in [-0.15, -0.1) is 0 Å². The zero-order valence-corrected chi connectivity index (χ0v) is 18.3. The third-order valence-electron chi connectivity index (χ3n) is 4.74. The molecule has 2 heterocycles. The van der Waals surface area contributed by atoms with Crippen LogP contribution in [0.3, 0.4) is 0 Å². The first-order chi connectivity index (χ1) is 14.5. The van der Waals surface area contributed by atoms with E-state index >= 15 is 0 Å². The number of carbonyl (C=O) groups excluding carboxylic acids is 1. The van der Waals surface area contributed by atoms with Gasteiger partial charge in [0.1, 0.15) is 5.76 Å². The van der Waals surface area contributed by atoms with Crippen LogP contribution in [0.15, 0.2) is 53.8 Å². The molecule has 2 rings (SSSR count). The second-order valence-corrected chi connectivity index (χ2v) is 6.89. The number of nitrogens with zero attached hydrogens (tertiary/aromatic N) is 2. The number of hydrogen-bond acceptors (Lipinski definition) is 5. The lowest BCUT2D eigenvalue weighted by atomic mass is 10.1. The van der Waals surface area contributed by atoms with Crippen LogP contribution in [-0.2, 0) is 27.2 Å². The van der Waals surface area contributed by atoms with Crippen LogP contribution in [0.25, 0.3) is 0 Å². The highest BCUT2D eigenvalue weighted by Gasteiger charge is 2.26. The van der Waals surface area contributed by atoms with E-state index in [0.717, 1.165) is 24.2 Å². The molecule has 0 saturated heterocycles. The number of nitrogens with one attached hydrogen (secondary N) is 2. The van der Waals surface area contributed by atoms with Crippen LogP contribution in [0.1, 0.15) is 51.4 Å². The van der Waals surface area contributed by atoms with E-state index in [1.54, 1.807) is 36.6 Å². The van der Waals surface area contributed by atoms with Crippen molar-refractivity contribution in [3.63, 3.8) is 0 Å². The van der Waals surface area contributed by atoms with E-state index in [0.29, 0.717) is 37.3 Å². The van der Waals surface area contributed by atoms with Gasteiger partial charge in [-0.1, -0.05) is 26.3 Å². The molecule has 1 amide bonds. The predicted molar refractivity (Wildman–Crippen MR) is 118 cm³/mol. The highest BCUT2D eigenvalue weighted by Crippen LogP contribution is 2.19. The third kappa shape index (κ3) is 6.20. The van der Waals surface area contributed by atoms with E-state index in [4.69, 9.17) is 14.9 Å². The number of ether oxygens (including phenoxy) is 2. The number of H-pyrrole nitrogens is 1. The minimum Gasteiger partial charge on any atom is -0.497 e. The van der Waals surface area contributed by atoms with Crippen LogP contribution < -0.4 is 0 Å². The fourth-order valence-corrected chi connectivity index (χ4v) is 3.06. The Kier molecular flexibility index (Phi) is 9.12. The fourth-order valence-electron chi connectivity index (χ4n) is 3.06. The van der Waals surface area contributed by atoms with Crippen molar-refractivity contribution < 1.29 is 14.3 Å². The summed E-state index contributed by atoms with van der Waals surface area (Å²) < 4.78 is 11.0. The van der Waals surface area contributed by atoms with Gasteiger partial charge in [0.25, 0.3) is 5.91 Å². The highest BCUT2D eigenvalue weighted by molar-refractivity contribution is 6.00. The molecule has 1 aromatic heterocycles. The second kappa shape index (κ2) is 11.8. The van der Waals surface area contributed by atoms with Crippen molar-refractivity contribution in [3.8, 4) is 0 Å². The van der Waals surface area contributed by atoms with Crippen molar-refractivity contribution in [2.75, 3.05) is 13.7 Å². The SMILES string of the molecule is C\C=C(/C=C\C(=C\CCC)C(=N)O/C(=C/CC)C(=O)N1CCc2nc[nH]c2C1)OC. The lowest BCUT2D eigenvalue weighted by Gasteiger charge is -2.27. The summed E-state index contributed by atoms with van der Waals surface area (Å²) >= 11 is 0. The first kappa shape index (κ1) is 23.2. The summed E-state index contributed by atoms with van der Waals surface area (Å²) in [5.74, 6) is 0.596. The first-order valence-corrected chi connectivity index (χ1v) is 10.4. The van der Waals surface area contributed by atoms with Gasteiger partial charge in [0.2, 0.25) is 5.90 Å². The molecule has 7 heteroatoms. The highest BCUT2D eigenvalue weighted by atomic mass is 16.5. The topological polar surface area (TPSA) is 91.3 Å². The molecule has 0 aromatic carbocycles. The van der Waals surface area contributed by atoms with Crippen LogP contribution in [0, 0.1) is 5.41 Å². The maximum Gasteiger partial charge on any atom is 0.289 e. The summed E-state index contributed by atoms with van der Waals surface area (Å²) in [4.78, 5) is 22.2. The number of aromatic nitrogens is 2. The van der Waals surface area contributed by atoms with Crippen LogP contribution in [0.4, 0.5) is 0 Å². The Morgan fingerprint density at radius 1 is 1.33 bits per heavy atom. The van der Waals surface area contributed by atoms with E-state index in [1.807, 2.05) is 26.0 Å². The number of methoxy groups -OCH3 is 1. The molecule has 1 aliphatic rings. The number of unbranched alkanes of at least 4 members (excludes halogenated alkanes) is 1. The van der Waals surface area contributed by atoms with Crippen LogP contribution >= 0.6 is 0 Å². The number of imidazole rings is 1. The Bertz CT molecular complexity index is 862. The Hall–Kier alpha value is -3.09. The molecule has 0 aliphatic carbocycles. The van der Waals surface area contributed by atoms with Crippen molar-refractivity contribution in [2.45, 2.75) is 53.0 Å². The molecule has 0 bridgehead atoms. The van der Waals surface area contributed by atoms with Gasteiger partial charge in [-0.3, -0.25) is 10.2 Å². The molecule has 2 N–H and O–H groups in total. The molecular weight excluding hydrogens is 380 g/mol. The summed E-state index contributed by atoms with van der Waals surface area (Å²) in [5, 5.41) is 8.46. The van der Waals surface area contributed by atoms with E-state index < -0.39 is 0 Å². The average molecular weight is 413 g/mol. The van der Waals surface area contributed by atoms with Gasteiger partial charge >= 0.3 is 0 Å². The number of hydrogen-bond donors (Lipinski definition) is 2. The van der Waals surface area contributed by atoms with E-state index in [2.05, 4.69) is 16.9 Å². The largest absolute Gasteiger partial charge is 0.497 e. The quantitative estimate of drug-likeness (QED) is 0.207. The van der Waals surface area contributed by atoms with Gasteiger partial charge in [0, 0.05) is 18.5 Å². The number of aromatic amines is 1. The number of amides is 1. The van der Waals surface area contributed by atoms with Gasteiger partial charge in [-0.2, -0.15) is 0 Å². The molecule has 0 atom stereocenters. The number of carbonyl (C=O) groups is 1. The lowest BCUT2D eigenvalue weighted by Crippen LogP contribution is -2.37. The number of allylic oxidation sites excluding steroid dienone is 4. The molecule has 0 unspecified atom stereocenters. The summed E-state index contributed by atoms with van der Waals surface area (Å²) in [5.41, 5.74) is 2.56. The molecule has 30 heavy (non-hydrogen) atoms. The minimum absolute atomic E-state index is 0.0569.